The summed E-state index contributed by atoms with van der Waals surface area (Å²) in [6, 6.07) is 9.95. The second-order valence-electron chi connectivity index (χ2n) is 6.11. The van der Waals surface area contributed by atoms with E-state index in [4.69, 9.17) is 0 Å². The normalized spacial score (nSPS) is 23.5. The number of nitrogens with zero attached hydrogens (tertiary/aromatic N) is 1. The molecular formula is C17H28N2S. The summed E-state index contributed by atoms with van der Waals surface area (Å²) in [4.78, 5) is 3.80. The van der Waals surface area contributed by atoms with Gasteiger partial charge in [-0.15, -0.1) is 11.8 Å². The van der Waals surface area contributed by atoms with Gasteiger partial charge in [-0.1, -0.05) is 12.1 Å². The maximum Gasteiger partial charge on any atom is 0.0294 e. The molecule has 3 heteroatoms. The average Bonchev–Trinajstić information content (AvgIpc) is 2.47. The summed E-state index contributed by atoms with van der Waals surface area (Å²) in [5, 5.41) is 3.79. The van der Waals surface area contributed by atoms with Crippen molar-refractivity contribution in [3.63, 3.8) is 0 Å². The first-order chi connectivity index (χ1) is 9.60. The lowest BCUT2D eigenvalue weighted by Crippen LogP contribution is -2.43. The van der Waals surface area contributed by atoms with Crippen LogP contribution in [0.2, 0.25) is 0 Å². The highest BCUT2D eigenvalue weighted by atomic mass is 32.2. The van der Waals surface area contributed by atoms with Crippen LogP contribution in [-0.2, 0) is 0 Å². The predicted molar refractivity (Wildman–Crippen MR) is 89.5 cm³/mol. The molecule has 0 aromatic heterocycles. The number of likely N-dealkylation sites (tertiary alicyclic amines) is 1. The molecule has 1 saturated heterocycles. The number of hydrogen-bond acceptors (Lipinski definition) is 3. The zero-order chi connectivity index (χ0) is 14.5. The van der Waals surface area contributed by atoms with E-state index in [-0.39, 0.29) is 0 Å². The van der Waals surface area contributed by atoms with E-state index in [0.717, 1.165) is 5.92 Å². The minimum Gasteiger partial charge on any atom is -0.307 e. The first-order valence-corrected chi connectivity index (χ1v) is 8.91. The molecule has 0 spiro atoms. The fraction of sp³-hybridized carbons (Fsp3) is 0.647. The van der Waals surface area contributed by atoms with Gasteiger partial charge < -0.3 is 10.2 Å². The van der Waals surface area contributed by atoms with E-state index in [2.05, 4.69) is 61.6 Å². The van der Waals surface area contributed by atoms with Gasteiger partial charge in [0.25, 0.3) is 0 Å². The summed E-state index contributed by atoms with van der Waals surface area (Å²) in [6.07, 6.45) is 4.82. The van der Waals surface area contributed by atoms with Crippen LogP contribution in [0.4, 0.5) is 0 Å². The largest absolute Gasteiger partial charge is 0.307 e. The van der Waals surface area contributed by atoms with Gasteiger partial charge in [-0.3, -0.25) is 0 Å². The van der Waals surface area contributed by atoms with Crippen molar-refractivity contribution in [2.24, 2.45) is 5.92 Å². The van der Waals surface area contributed by atoms with Gasteiger partial charge in [-0.25, -0.2) is 0 Å². The number of nitrogens with one attached hydrogen (secondary N) is 1. The summed E-state index contributed by atoms with van der Waals surface area (Å²) in [6.45, 7) is 7.11. The Morgan fingerprint density at radius 3 is 2.55 bits per heavy atom. The van der Waals surface area contributed by atoms with E-state index < -0.39 is 0 Å². The third kappa shape index (κ3) is 4.24. The molecule has 3 unspecified atom stereocenters. The zero-order valence-corrected chi connectivity index (χ0v) is 14.0. The molecule has 0 bridgehead atoms. The third-order valence-corrected chi connectivity index (χ3v) is 5.24. The predicted octanol–water partition coefficient (Wildman–Crippen LogP) is 3.79. The quantitative estimate of drug-likeness (QED) is 0.831. The molecule has 1 heterocycles. The molecule has 0 radical (unpaired) electrons. The Morgan fingerprint density at radius 2 is 1.95 bits per heavy atom. The molecule has 112 valence electrons. The molecule has 1 fully saturated rings. The van der Waals surface area contributed by atoms with Crippen molar-refractivity contribution < 1.29 is 0 Å². The lowest BCUT2D eigenvalue weighted by atomic mass is 9.91. The van der Waals surface area contributed by atoms with Crippen molar-refractivity contribution in [3.8, 4) is 0 Å². The highest BCUT2D eigenvalue weighted by Gasteiger charge is 2.23. The molecule has 1 aliphatic rings. The highest BCUT2D eigenvalue weighted by Crippen LogP contribution is 2.23. The molecule has 0 saturated carbocycles. The van der Waals surface area contributed by atoms with Crippen molar-refractivity contribution in [2.45, 2.75) is 43.7 Å². The summed E-state index contributed by atoms with van der Waals surface area (Å²) < 4.78 is 0. The van der Waals surface area contributed by atoms with Crippen LogP contribution in [0.3, 0.4) is 0 Å². The molecule has 0 aliphatic carbocycles. The molecule has 3 atom stereocenters. The molecule has 20 heavy (non-hydrogen) atoms. The minimum atomic E-state index is 0.424. The molecule has 1 aromatic carbocycles. The first-order valence-electron chi connectivity index (χ1n) is 7.68. The monoisotopic (exact) mass is 292 g/mol. The number of thioether (sulfide) groups is 1. The Hall–Kier alpha value is -0.510. The third-order valence-electron chi connectivity index (χ3n) is 4.50. The van der Waals surface area contributed by atoms with Crippen LogP contribution in [0.5, 0.6) is 0 Å². The maximum atomic E-state index is 3.79. The minimum absolute atomic E-state index is 0.424. The topological polar surface area (TPSA) is 15.3 Å². The maximum absolute atomic E-state index is 3.79. The van der Waals surface area contributed by atoms with Gasteiger partial charge >= 0.3 is 0 Å². The van der Waals surface area contributed by atoms with Crippen molar-refractivity contribution in [1.29, 1.82) is 0 Å². The van der Waals surface area contributed by atoms with Gasteiger partial charge in [0.2, 0.25) is 0 Å². The van der Waals surface area contributed by atoms with Crippen LogP contribution in [0, 0.1) is 5.92 Å². The van der Waals surface area contributed by atoms with E-state index in [1.165, 1.54) is 36.4 Å². The van der Waals surface area contributed by atoms with Crippen LogP contribution in [0.25, 0.3) is 0 Å². The first kappa shape index (κ1) is 15.9. The van der Waals surface area contributed by atoms with Crippen LogP contribution < -0.4 is 5.32 Å². The standard InChI is InChI=1S/C17H28N2S/c1-13(15-7-9-17(20-4)10-8-15)18-14(2)16-6-5-11-19(3)12-16/h7-10,13-14,16,18H,5-6,11-12H2,1-4H3. The summed E-state index contributed by atoms with van der Waals surface area (Å²) >= 11 is 1.80. The highest BCUT2D eigenvalue weighted by molar-refractivity contribution is 7.98. The molecule has 0 amide bonds. The van der Waals surface area contributed by atoms with Crippen molar-refractivity contribution in [2.75, 3.05) is 26.4 Å². The number of piperidine rings is 1. The molecule has 1 aromatic rings. The Balaban J connectivity index is 1.90. The van der Waals surface area contributed by atoms with Gasteiger partial charge in [0.15, 0.2) is 0 Å². The molecule has 2 nitrogen and oxygen atoms in total. The summed E-state index contributed by atoms with van der Waals surface area (Å²) in [5.74, 6) is 0.779. The van der Waals surface area contributed by atoms with Crippen molar-refractivity contribution in [1.82, 2.24) is 10.2 Å². The Bertz CT molecular complexity index is 404. The van der Waals surface area contributed by atoms with Gasteiger partial charge in [0, 0.05) is 23.5 Å². The molecule has 2 rings (SSSR count). The second kappa shape index (κ2) is 7.48. The van der Waals surface area contributed by atoms with Gasteiger partial charge in [0.05, 0.1) is 0 Å². The lowest BCUT2D eigenvalue weighted by Gasteiger charge is -2.35. The molecular weight excluding hydrogens is 264 g/mol. The SMILES string of the molecule is CSc1ccc(C(C)NC(C)C2CCCN(C)C2)cc1. The van der Waals surface area contributed by atoms with Crippen LogP contribution in [-0.4, -0.2) is 37.3 Å². The van der Waals surface area contributed by atoms with E-state index in [9.17, 15) is 0 Å². The van der Waals surface area contributed by atoms with Crippen molar-refractivity contribution >= 4 is 11.8 Å². The lowest BCUT2D eigenvalue weighted by molar-refractivity contribution is 0.174. The van der Waals surface area contributed by atoms with Crippen LogP contribution >= 0.6 is 11.8 Å². The van der Waals surface area contributed by atoms with E-state index in [1.54, 1.807) is 11.8 Å². The van der Waals surface area contributed by atoms with Crippen LogP contribution in [0.15, 0.2) is 29.2 Å². The van der Waals surface area contributed by atoms with Crippen LogP contribution in [0.1, 0.15) is 38.3 Å². The summed E-state index contributed by atoms with van der Waals surface area (Å²) in [7, 11) is 2.24. The molecule has 1 N–H and O–H groups in total. The van der Waals surface area contributed by atoms with Gasteiger partial charge in [-0.05, 0) is 70.2 Å². The average molecular weight is 292 g/mol. The van der Waals surface area contributed by atoms with Gasteiger partial charge in [-0.2, -0.15) is 0 Å². The number of benzene rings is 1. The van der Waals surface area contributed by atoms with Gasteiger partial charge in [0.1, 0.15) is 0 Å². The van der Waals surface area contributed by atoms with Crippen molar-refractivity contribution in [3.05, 3.63) is 29.8 Å². The fourth-order valence-electron chi connectivity index (χ4n) is 3.13. The Labute approximate surface area is 128 Å². The zero-order valence-electron chi connectivity index (χ0n) is 13.2. The smallest absolute Gasteiger partial charge is 0.0294 e. The summed E-state index contributed by atoms with van der Waals surface area (Å²) in [5.41, 5.74) is 1.39. The van der Waals surface area contributed by atoms with E-state index in [1.807, 2.05) is 0 Å². The second-order valence-corrected chi connectivity index (χ2v) is 6.99. The fourth-order valence-corrected chi connectivity index (χ4v) is 3.54. The Kier molecular flexibility index (Phi) is 5.94. The Morgan fingerprint density at radius 1 is 1.25 bits per heavy atom. The van der Waals surface area contributed by atoms with E-state index >= 15 is 0 Å². The number of rotatable bonds is 5. The molecule has 1 aliphatic heterocycles. The van der Waals surface area contributed by atoms with E-state index in [0.29, 0.717) is 12.1 Å². The number of hydrogen-bond donors (Lipinski definition) is 1.